The van der Waals surface area contributed by atoms with E-state index in [2.05, 4.69) is 4.90 Å². The second-order valence-electron chi connectivity index (χ2n) is 8.61. The Kier molecular flexibility index (Phi) is 8.02. The first-order chi connectivity index (χ1) is 17.5. The van der Waals surface area contributed by atoms with E-state index in [1.165, 1.54) is 19.1 Å². The number of methoxy groups -OCH3 is 2. The van der Waals surface area contributed by atoms with Gasteiger partial charge in [0, 0.05) is 26.2 Å². The molecule has 2 aromatic carbocycles. The number of ketones is 1. The molecule has 9 nitrogen and oxygen atoms in total. The van der Waals surface area contributed by atoms with Crippen LogP contribution in [0.1, 0.15) is 33.9 Å². The smallest absolute Gasteiger partial charge is 0.337 e. The highest BCUT2D eigenvalue weighted by molar-refractivity contribution is 6.46. The number of esters is 1. The number of rotatable bonds is 8. The maximum Gasteiger partial charge on any atom is 0.337 e. The third kappa shape index (κ3) is 5.12. The van der Waals surface area contributed by atoms with Gasteiger partial charge in [0.05, 0.1) is 50.2 Å². The molecule has 1 N–H and O–H groups in total. The van der Waals surface area contributed by atoms with E-state index in [0.29, 0.717) is 48.6 Å². The van der Waals surface area contributed by atoms with Crippen LogP contribution in [0.15, 0.2) is 54.1 Å². The topological polar surface area (TPSA) is 106 Å². The van der Waals surface area contributed by atoms with Crippen LogP contribution in [0.3, 0.4) is 0 Å². The number of carbonyl (C=O) groups is 3. The van der Waals surface area contributed by atoms with Gasteiger partial charge in [0.15, 0.2) is 0 Å². The molecule has 0 aromatic heterocycles. The second-order valence-corrected chi connectivity index (χ2v) is 8.61. The van der Waals surface area contributed by atoms with Crippen molar-refractivity contribution in [2.45, 2.75) is 12.5 Å². The van der Waals surface area contributed by atoms with Crippen molar-refractivity contribution >= 4 is 23.4 Å². The molecular weight excluding hydrogens is 464 g/mol. The highest BCUT2D eigenvalue weighted by Crippen LogP contribution is 2.41. The molecule has 36 heavy (non-hydrogen) atoms. The number of benzene rings is 2. The van der Waals surface area contributed by atoms with E-state index in [4.69, 9.17) is 14.2 Å². The van der Waals surface area contributed by atoms with Crippen molar-refractivity contribution in [2.24, 2.45) is 0 Å². The van der Waals surface area contributed by atoms with Crippen molar-refractivity contribution in [1.82, 2.24) is 9.80 Å². The van der Waals surface area contributed by atoms with E-state index < -0.39 is 23.7 Å². The van der Waals surface area contributed by atoms with Crippen LogP contribution in [-0.4, -0.2) is 86.2 Å². The van der Waals surface area contributed by atoms with Gasteiger partial charge in [0.25, 0.3) is 11.7 Å². The molecule has 0 aliphatic carbocycles. The lowest BCUT2D eigenvalue weighted by Gasteiger charge is -2.29. The van der Waals surface area contributed by atoms with Crippen LogP contribution in [0, 0.1) is 0 Å². The molecule has 2 aromatic rings. The van der Waals surface area contributed by atoms with Gasteiger partial charge < -0.3 is 24.2 Å². The van der Waals surface area contributed by atoms with Gasteiger partial charge in [0.1, 0.15) is 11.5 Å². The van der Waals surface area contributed by atoms with Crippen LogP contribution in [-0.2, 0) is 19.1 Å². The Balaban J connectivity index is 1.71. The van der Waals surface area contributed by atoms with E-state index in [1.54, 1.807) is 48.5 Å². The Bertz CT molecular complexity index is 1150. The Morgan fingerprint density at radius 3 is 2.39 bits per heavy atom. The maximum atomic E-state index is 13.2. The molecule has 0 bridgehead atoms. The molecule has 1 unspecified atom stereocenters. The van der Waals surface area contributed by atoms with E-state index in [0.717, 1.165) is 19.6 Å². The predicted octanol–water partition coefficient (Wildman–Crippen LogP) is 2.63. The standard InChI is InChI=1S/C27H30N2O7/c1-34-21-7-4-3-6-20(21)24(30)22-23(18-8-10-19(11-9-18)27(33)35-2)29(26(32)25(22)31)13-5-12-28-14-16-36-17-15-28/h3-4,6-11,23,30H,5,12-17H2,1-2H3/b24-22+. The summed E-state index contributed by atoms with van der Waals surface area (Å²) >= 11 is 0. The van der Waals surface area contributed by atoms with Crippen LogP contribution in [0.2, 0.25) is 0 Å². The van der Waals surface area contributed by atoms with Gasteiger partial charge in [-0.1, -0.05) is 24.3 Å². The third-order valence-corrected chi connectivity index (χ3v) is 6.53. The minimum absolute atomic E-state index is 0.0123. The van der Waals surface area contributed by atoms with Gasteiger partial charge in [-0.15, -0.1) is 0 Å². The Morgan fingerprint density at radius 1 is 1.03 bits per heavy atom. The van der Waals surface area contributed by atoms with E-state index >= 15 is 0 Å². The van der Waals surface area contributed by atoms with E-state index in [1.807, 2.05) is 0 Å². The Morgan fingerprint density at radius 2 is 1.72 bits per heavy atom. The molecule has 0 radical (unpaired) electrons. The van der Waals surface area contributed by atoms with Crippen molar-refractivity contribution in [3.63, 3.8) is 0 Å². The Labute approximate surface area is 209 Å². The fourth-order valence-electron chi connectivity index (χ4n) is 4.65. The molecule has 2 heterocycles. The number of nitrogens with zero attached hydrogens (tertiary/aromatic N) is 2. The van der Waals surface area contributed by atoms with Crippen LogP contribution >= 0.6 is 0 Å². The zero-order valence-corrected chi connectivity index (χ0v) is 20.4. The summed E-state index contributed by atoms with van der Waals surface area (Å²) in [7, 11) is 2.77. The normalized spacial score (nSPS) is 19.9. The van der Waals surface area contributed by atoms with Gasteiger partial charge in [-0.25, -0.2) is 4.79 Å². The van der Waals surface area contributed by atoms with Crippen molar-refractivity contribution in [2.75, 3.05) is 53.6 Å². The molecule has 9 heteroatoms. The third-order valence-electron chi connectivity index (χ3n) is 6.53. The SMILES string of the molecule is COC(=O)c1ccc(C2/C(=C(\O)c3ccccc3OC)C(=O)C(=O)N2CCCN2CCOCC2)cc1. The largest absolute Gasteiger partial charge is 0.507 e. The summed E-state index contributed by atoms with van der Waals surface area (Å²) in [5.41, 5.74) is 1.25. The average Bonchev–Trinajstić information content (AvgIpc) is 3.18. The number of morpholine rings is 1. The van der Waals surface area contributed by atoms with Gasteiger partial charge in [-0.05, 0) is 36.2 Å². The van der Waals surface area contributed by atoms with Crippen LogP contribution in [0.5, 0.6) is 5.75 Å². The summed E-state index contributed by atoms with van der Waals surface area (Å²) in [5, 5.41) is 11.3. The lowest BCUT2D eigenvalue weighted by Crippen LogP contribution is -2.39. The molecule has 2 aliphatic heterocycles. The van der Waals surface area contributed by atoms with Crippen molar-refractivity contribution in [1.29, 1.82) is 0 Å². The number of likely N-dealkylation sites (tertiary alicyclic amines) is 1. The minimum atomic E-state index is -0.814. The van der Waals surface area contributed by atoms with Crippen molar-refractivity contribution < 1.29 is 33.7 Å². The monoisotopic (exact) mass is 494 g/mol. The first-order valence-electron chi connectivity index (χ1n) is 11.9. The molecule has 4 rings (SSSR count). The number of amides is 1. The maximum absolute atomic E-state index is 13.2. The van der Waals surface area contributed by atoms with Gasteiger partial charge in [-0.3, -0.25) is 14.5 Å². The summed E-state index contributed by atoms with van der Waals surface area (Å²) in [6, 6.07) is 12.5. The number of aliphatic hydroxyl groups excluding tert-OH is 1. The molecule has 0 spiro atoms. The minimum Gasteiger partial charge on any atom is -0.507 e. The van der Waals surface area contributed by atoms with Gasteiger partial charge in [0.2, 0.25) is 0 Å². The molecule has 2 saturated heterocycles. The van der Waals surface area contributed by atoms with Crippen LogP contribution in [0.25, 0.3) is 5.76 Å². The summed E-state index contributed by atoms with van der Waals surface area (Å²) in [5.74, 6) is -1.84. The van der Waals surface area contributed by atoms with Crippen LogP contribution < -0.4 is 4.74 Å². The number of para-hydroxylation sites is 1. The Hall–Kier alpha value is -3.69. The fraction of sp³-hybridized carbons (Fsp3) is 0.370. The van der Waals surface area contributed by atoms with Crippen molar-refractivity contribution in [3.8, 4) is 5.75 Å². The zero-order valence-electron chi connectivity index (χ0n) is 20.4. The zero-order chi connectivity index (χ0) is 25.7. The highest BCUT2D eigenvalue weighted by Gasteiger charge is 2.46. The van der Waals surface area contributed by atoms with E-state index in [-0.39, 0.29) is 11.3 Å². The quantitative estimate of drug-likeness (QED) is 0.258. The number of hydrogen-bond donors (Lipinski definition) is 1. The molecule has 1 amide bonds. The summed E-state index contributed by atoms with van der Waals surface area (Å²) in [6.45, 7) is 4.09. The summed E-state index contributed by atoms with van der Waals surface area (Å²) in [6.07, 6.45) is 0.651. The molecule has 0 saturated carbocycles. The predicted molar refractivity (Wildman–Crippen MR) is 132 cm³/mol. The van der Waals surface area contributed by atoms with Gasteiger partial charge >= 0.3 is 5.97 Å². The number of Topliss-reactive ketones (excluding diaryl/α,β-unsaturated/α-hetero) is 1. The molecular formula is C27H30N2O7. The molecule has 1 atom stereocenters. The highest BCUT2D eigenvalue weighted by atomic mass is 16.5. The lowest BCUT2D eigenvalue weighted by molar-refractivity contribution is -0.140. The summed E-state index contributed by atoms with van der Waals surface area (Å²) in [4.78, 5) is 42.1. The summed E-state index contributed by atoms with van der Waals surface area (Å²) < 4.78 is 15.5. The lowest BCUT2D eigenvalue weighted by atomic mass is 9.94. The first-order valence-corrected chi connectivity index (χ1v) is 11.9. The number of carbonyl (C=O) groups excluding carboxylic acids is 3. The number of hydrogen-bond acceptors (Lipinski definition) is 8. The first kappa shape index (κ1) is 25.4. The van der Waals surface area contributed by atoms with E-state index in [9.17, 15) is 19.5 Å². The van der Waals surface area contributed by atoms with Crippen LogP contribution in [0.4, 0.5) is 0 Å². The number of aliphatic hydroxyl groups is 1. The molecule has 190 valence electrons. The fourth-order valence-corrected chi connectivity index (χ4v) is 4.65. The van der Waals surface area contributed by atoms with Gasteiger partial charge in [-0.2, -0.15) is 0 Å². The molecule has 2 fully saturated rings. The second kappa shape index (κ2) is 11.4. The average molecular weight is 495 g/mol. The van der Waals surface area contributed by atoms with Crippen molar-refractivity contribution in [3.05, 3.63) is 70.8 Å². The molecule has 2 aliphatic rings. The number of ether oxygens (including phenoxy) is 3.